The first-order chi connectivity index (χ1) is 7.25. The maximum absolute atomic E-state index is 5.86. The Morgan fingerprint density at radius 2 is 2.13 bits per heavy atom. The number of benzene rings is 1. The summed E-state index contributed by atoms with van der Waals surface area (Å²) in [6.07, 6.45) is 4.80. The predicted molar refractivity (Wildman–Crippen MR) is 69.5 cm³/mol. The van der Waals surface area contributed by atoms with Crippen LogP contribution in [-0.2, 0) is 13.0 Å². The van der Waals surface area contributed by atoms with Gasteiger partial charge in [-0.3, -0.25) is 4.68 Å². The summed E-state index contributed by atoms with van der Waals surface area (Å²) in [5.74, 6) is 0. The summed E-state index contributed by atoms with van der Waals surface area (Å²) in [6.45, 7) is 0.872. The number of halogens is 1. The van der Waals surface area contributed by atoms with Gasteiger partial charge in [-0.05, 0) is 40.6 Å². The number of nitrogens with two attached hydrogens (primary N) is 1. The highest BCUT2D eigenvalue weighted by Gasteiger charge is 1.99. The first kappa shape index (κ1) is 10.5. The number of rotatable bonds is 3. The third kappa shape index (κ3) is 2.71. The van der Waals surface area contributed by atoms with Crippen molar-refractivity contribution in [2.45, 2.75) is 13.0 Å². The van der Waals surface area contributed by atoms with E-state index in [9.17, 15) is 0 Å². The van der Waals surface area contributed by atoms with Gasteiger partial charge in [0.15, 0.2) is 0 Å². The lowest BCUT2D eigenvalue weighted by atomic mass is 10.1. The summed E-state index contributed by atoms with van der Waals surface area (Å²) in [5, 5.41) is 4.23. The van der Waals surface area contributed by atoms with Crippen LogP contribution in [0.15, 0.2) is 36.7 Å². The summed E-state index contributed by atoms with van der Waals surface area (Å²) in [5.41, 5.74) is 7.90. The maximum Gasteiger partial charge on any atom is 0.0623 e. The standard InChI is InChI=1S/C11H12IN3/c12-10-7-14-15(8-10)6-5-9-3-1-2-4-11(9)13/h1-4,7-8H,5-6,13H2. The summed E-state index contributed by atoms with van der Waals surface area (Å²) in [7, 11) is 0. The van der Waals surface area contributed by atoms with Gasteiger partial charge in [-0.25, -0.2) is 0 Å². The van der Waals surface area contributed by atoms with E-state index in [0.29, 0.717) is 0 Å². The van der Waals surface area contributed by atoms with Crippen LogP contribution in [0.25, 0.3) is 0 Å². The molecule has 0 atom stereocenters. The van der Waals surface area contributed by atoms with Gasteiger partial charge in [0.1, 0.15) is 0 Å². The molecule has 3 nitrogen and oxygen atoms in total. The molecule has 0 saturated heterocycles. The molecular formula is C11H12IN3. The number of hydrogen-bond acceptors (Lipinski definition) is 2. The van der Waals surface area contributed by atoms with Crippen LogP contribution >= 0.6 is 22.6 Å². The molecule has 0 spiro atoms. The van der Waals surface area contributed by atoms with Crippen LogP contribution in [0.2, 0.25) is 0 Å². The molecule has 0 aliphatic heterocycles. The molecule has 0 amide bonds. The number of hydrogen-bond donors (Lipinski definition) is 1. The van der Waals surface area contributed by atoms with Crippen LogP contribution in [-0.4, -0.2) is 9.78 Å². The van der Waals surface area contributed by atoms with Gasteiger partial charge >= 0.3 is 0 Å². The fraction of sp³-hybridized carbons (Fsp3) is 0.182. The number of nitrogens with zero attached hydrogens (tertiary/aromatic N) is 2. The number of aromatic nitrogens is 2. The van der Waals surface area contributed by atoms with Crippen LogP contribution in [0.3, 0.4) is 0 Å². The Kier molecular flexibility index (Phi) is 3.25. The lowest BCUT2D eigenvalue weighted by Gasteiger charge is -2.04. The van der Waals surface area contributed by atoms with E-state index in [1.54, 1.807) is 0 Å². The van der Waals surface area contributed by atoms with Gasteiger partial charge in [0.25, 0.3) is 0 Å². The van der Waals surface area contributed by atoms with Crippen molar-refractivity contribution >= 4 is 28.3 Å². The Balaban J connectivity index is 2.02. The molecule has 78 valence electrons. The monoisotopic (exact) mass is 313 g/mol. The van der Waals surface area contributed by atoms with Crippen LogP contribution in [0, 0.1) is 3.57 Å². The van der Waals surface area contributed by atoms with Gasteiger partial charge in [-0.2, -0.15) is 5.10 Å². The molecule has 2 N–H and O–H groups in total. The van der Waals surface area contributed by atoms with Crippen LogP contribution in [0.4, 0.5) is 5.69 Å². The SMILES string of the molecule is Nc1ccccc1CCn1cc(I)cn1. The molecule has 0 aliphatic carbocycles. The Morgan fingerprint density at radius 1 is 1.33 bits per heavy atom. The Labute approximate surface area is 102 Å². The average Bonchev–Trinajstić information content (AvgIpc) is 2.63. The van der Waals surface area contributed by atoms with E-state index in [4.69, 9.17) is 5.73 Å². The van der Waals surface area contributed by atoms with E-state index in [-0.39, 0.29) is 0 Å². The molecule has 15 heavy (non-hydrogen) atoms. The van der Waals surface area contributed by atoms with Gasteiger partial charge < -0.3 is 5.73 Å². The minimum atomic E-state index is 0.861. The van der Waals surface area contributed by atoms with Gasteiger partial charge in [0, 0.05) is 18.4 Å². The second-order valence-corrected chi connectivity index (χ2v) is 4.62. The Morgan fingerprint density at radius 3 is 2.80 bits per heavy atom. The van der Waals surface area contributed by atoms with E-state index in [1.807, 2.05) is 35.3 Å². The molecule has 2 rings (SSSR count). The fourth-order valence-electron chi connectivity index (χ4n) is 1.46. The minimum Gasteiger partial charge on any atom is -0.399 e. The molecule has 1 aromatic carbocycles. The van der Waals surface area contributed by atoms with Crippen molar-refractivity contribution < 1.29 is 0 Å². The van der Waals surface area contributed by atoms with Crippen molar-refractivity contribution in [2.75, 3.05) is 5.73 Å². The highest BCUT2D eigenvalue weighted by molar-refractivity contribution is 14.1. The molecule has 1 aromatic heterocycles. The van der Waals surface area contributed by atoms with Crippen LogP contribution in [0.5, 0.6) is 0 Å². The lowest BCUT2D eigenvalue weighted by molar-refractivity contribution is 0.615. The topological polar surface area (TPSA) is 43.8 Å². The zero-order valence-electron chi connectivity index (χ0n) is 8.23. The molecule has 0 radical (unpaired) electrons. The van der Waals surface area contributed by atoms with Crippen molar-refractivity contribution in [3.8, 4) is 0 Å². The average molecular weight is 313 g/mol. The quantitative estimate of drug-likeness (QED) is 0.698. The summed E-state index contributed by atoms with van der Waals surface area (Å²) in [4.78, 5) is 0. The summed E-state index contributed by atoms with van der Waals surface area (Å²) < 4.78 is 3.10. The van der Waals surface area contributed by atoms with E-state index in [0.717, 1.165) is 22.2 Å². The summed E-state index contributed by atoms with van der Waals surface area (Å²) in [6, 6.07) is 7.96. The van der Waals surface area contributed by atoms with E-state index < -0.39 is 0 Å². The van der Waals surface area contributed by atoms with E-state index in [1.165, 1.54) is 5.56 Å². The van der Waals surface area contributed by atoms with Crippen molar-refractivity contribution in [1.82, 2.24) is 9.78 Å². The highest BCUT2D eigenvalue weighted by atomic mass is 127. The second-order valence-electron chi connectivity index (χ2n) is 3.37. The highest BCUT2D eigenvalue weighted by Crippen LogP contribution is 2.12. The first-order valence-corrected chi connectivity index (χ1v) is 5.85. The molecule has 0 fully saturated rings. The Bertz CT molecular complexity index is 451. The molecule has 0 unspecified atom stereocenters. The normalized spacial score (nSPS) is 10.5. The Hall–Kier alpha value is -1.04. The smallest absolute Gasteiger partial charge is 0.0623 e. The maximum atomic E-state index is 5.86. The molecule has 4 heteroatoms. The number of anilines is 1. The van der Waals surface area contributed by atoms with Crippen LogP contribution < -0.4 is 5.73 Å². The lowest BCUT2D eigenvalue weighted by Crippen LogP contribution is -2.03. The number of nitrogen functional groups attached to an aromatic ring is 1. The van der Waals surface area contributed by atoms with E-state index in [2.05, 4.69) is 33.8 Å². The van der Waals surface area contributed by atoms with E-state index >= 15 is 0 Å². The summed E-state index contributed by atoms with van der Waals surface area (Å²) >= 11 is 2.25. The van der Waals surface area contributed by atoms with Gasteiger partial charge in [-0.15, -0.1) is 0 Å². The van der Waals surface area contributed by atoms with Crippen molar-refractivity contribution in [2.24, 2.45) is 0 Å². The van der Waals surface area contributed by atoms with Crippen LogP contribution in [0.1, 0.15) is 5.56 Å². The van der Waals surface area contributed by atoms with Gasteiger partial charge in [0.05, 0.1) is 9.77 Å². The third-order valence-electron chi connectivity index (χ3n) is 2.27. The zero-order valence-corrected chi connectivity index (χ0v) is 10.4. The molecule has 0 bridgehead atoms. The minimum absolute atomic E-state index is 0.861. The second kappa shape index (κ2) is 4.65. The largest absolute Gasteiger partial charge is 0.399 e. The van der Waals surface area contributed by atoms with Crippen molar-refractivity contribution in [3.63, 3.8) is 0 Å². The zero-order chi connectivity index (χ0) is 10.7. The molecule has 0 aliphatic rings. The third-order valence-corrected chi connectivity index (χ3v) is 2.82. The first-order valence-electron chi connectivity index (χ1n) is 4.77. The van der Waals surface area contributed by atoms with Gasteiger partial charge in [-0.1, -0.05) is 18.2 Å². The van der Waals surface area contributed by atoms with Gasteiger partial charge in [0.2, 0.25) is 0 Å². The number of aryl methyl sites for hydroxylation is 2. The molecular weight excluding hydrogens is 301 g/mol. The molecule has 2 aromatic rings. The molecule has 1 heterocycles. The fourth-order valence-corrected chi connectivity index (χ4v) is 1.90. The molecule has 0 saturated carbocycles. The van der Waals surface area contributed by atoms with Crippen molar-refractivity contribution in [3.05, 3.63) is 45.8 Å². The predicted octanol–water partition coefficient (Wildman–Crippen LogP) is 2.31. The van der Waals surface area contributed by atoms with Crippen molar-refractivity contribution in [1.29, 1.82) is 0 Å². The number of para-hydroxylation sites is 1.